The molecule has 0 fully saturated rings. The van der Waals surface area contributed by atoms with Gasteiger partial charge in [-0.15, -0.1) is 0 Å². The summed E-state index contributed by atoms with van der Waals surface area (Å²) in [5.41, 5.74) is 2.00. The van der Waals surface area contributed by atoms with Crippen molar-refractivity contribution in [3.8, 4) is 0 Å². The molecule has 1 aromatic carbocycles. The Hall–Kier alpha value is -0.810. The van der Waals surface area contributed by atoms with Gasteiger partial charge in [0.05, 0.1) is 5.69 Å². The van der Waals surface area contributed by atoms with Crippen LogP contribution in [0.4, 0.5) is 11.6 Å². The summed E-state index contributed by atoms with van der Waals surface area (Å²) in [6.45, 7) is 1.97. The highest BCUT2D eigenvalue weighted by molar-refractivity contribution is 9.11. The maximum absolute atomic E-state index is 4.18. The van der Waals surface area contributed by atoms with Crippen LogP contribution in [0.15, 0.2) is 33.3 Å². The zero-order valence-corrected chi connectivity index (χ0v) is 11.2. The molecule has 0 aliphatic rings. The van der Waals surface area contributed by atoms with Gasteiger partial charge in [-0.2, -0.15) is 0 Å². The van der Waals surface area contributed by atoms with Gasteiger partial charge in [0.1, 0.15) is 0 Å². The lowest BCUT2D eigenvalue weighted by Crippen LogP contribution is -1.93. The molecule has 0 bridgehead atoms. The van der Waals surface area contributed by atoms with Crippen molar-refractivity contribution in [2.24, 2.45) is 0 Å². The fourth-order valence-corrected chi connectivity index (χ4v) is 1.90. The molecule has 2 aromatic rings. The second kappa shape index (κ2) is 4.37. The molecule has 78 valence electrons. The molecule has 0 saturated heterocycles. The van der Waals surface area contributed by atoms with Crippen LogP contribution in [0.25, 0.3) is 0 Å². The molecule has 2 N–H and O–H groups in total. The van der Waals surface area contributed by atoms with Crippen molar-refractivity contribution in [3.63, 3.8) is 0 Å². The first-order chi connectivity index (χ1) is 7.15. The summed E-state index contributed by atoms with van der Waals surface area (Å²) in [5.74, 6) is 0.742. The second-order valence-electron chi connectivity index (χ2n) is 3.16. The molecule has 2 rings (SSSR count). The number of anilines is 2. The van der Waals surface area contributed by atoms with Gasteiger partial charge in [0.2, 0.25) is 5.95 Å². The number of nitrogens with one attached hydrogen (secondary N) is 2. The zero-order valence-electron chi connectivity index (χ0n) is 8.01. The maximum Gasteiger partial charge on any atom is 0.204 e. The quantitative estimate of drug-likeness (QED) is 0.874. The van der Waals surface area contributed by atoms with Crippen LogP contribution in [0.2, 0.25) is 0 Å². The highest BCUT2D eigenvalue weighted by Gasteiger charge is 2.02. The number of H-pyrrole nitrogens is 1. The summed E-state index contributed by atoms with van der Waals surface area (Å²) in [6, 6.07) is 5.94. The van der Waals surface area contributed by atoms with Crippen LogP contribution in [0, 0.1) is 6.92 Å². The van der Waals surface area contributed by atoms with E-state index in [0.29, 0.717) is 0 Å². The van der Waals surface area contributed by atoms with Crippen molar-refractivity contribution in [2.45, 2.75) is 6.92 Å². The Kier molecular flexibility index (Phi) is 3.11. The Balaban J connectivity index is 2.27. The Morgan fingerprint density at radius 3 is 2.80 bits per heavy atom. The van der Waals surface area contributed by atoms with Crippen LogP contribution in [0.5, 0.6) is 0 Å². The van der Waals surface area contributed by atoms with Crippen molar-refractivity contribution < 1.29 is 0 Å². The molecular formula is C10H9Br2N3. The number of rotatable bonds is 2. The Labute approximate surface area is 105 Å². The summed E-state index contributed by atoms with van der Waals surface area (Å²) < 4.78 is 2.02. The van der Waals surface area contributed by atoms with E-state index in [9.17, 15) is 0 Å². The Bertz CT molecular complexity index is 479. The lowest BCUT2D eigenvalue weighted by Gasteiger charge is -2.05. The summed E-state index contributed by atoms with van der Waals surface area (Å²) in [4.78, 5) is 7.29. The largest absolute Gasteiger partial charge is 0.328 e. The van der Waals surface area contributed by atoms with Crippen LogP contribution in [0.3, 0.4) is 0 Å². The maximum atomic E-state index is 4.18. The van der Waals surface area contributed by atoms with Gasteiger partial charge >= 0.3 is 0 Å². The van der Waals surface area contributed by atoms with Gasteiger partial charge in [0.25, 0.3) is 0 Å². The molecule has 0 radical (unpaired) electrons. The van der Waals surface area contributed by atoms with Gasteiger partial charge in [0.15, 0.2) is 0 Å². The highest BCUT2D eigenvalue weighted by atomic mass is 79.9. The molecule has 0 atom stereocenters. The molecule has 0 saturated carbocycles. The van der Waals surface area contributed by atoms with Crippen LogP contribution < -0.4 is 5.32 Å². The van der Waals surface area contributed by atoms with Crippen LogP contribution in [-0.2, 0) is 0 Å². The van der Waals surface area contributed by atoms with E-state index in [2.05, 4.69) is 47.1 Å². The van der Waals surface area contributed by atoms with E-state index >= 15 is 0 Å². The number of halogens is 2. The number of aromatic nitrogens is 2. The molecule has 1 heterocycles. The van der Waals surface area contributed by atoms with Gasteiger partial charge in [-0.3, -0.25) is 0 Å². The third-order valence-electron chi connectivity index (χ3n) is 1.88. The number of hydrogen-bond acceptors (Lipinski definition) is 2. The van der Waals surface area contributed by atoms with E-state index in [0.717, 1.165) is 26.3 Å². The fourth-order valence-electron chi connectivity index (χ4n) is 1.20. The number of hydrogen-bond donors (Lipinski definition) is 2. The monoisotopic (exact) mass is 329 g/mol. The second-order valence-corrected chi connectivity index (χ2v) is 4.93. The average Bonchev–Trinajstić information content (AvgIpc) is 2.58. The van der Waals surface area contributed by atoms with Gasteiger partial charge in [-0.1, -0.05) is 15.9 Å². The number of nitrogens with zero attached hydrogens (tertiary/aromatic N) is 1. The number of benzene rings is 1. The minimum Gasteiger partial charge on any atom is -0.328 e. The first-order valence-electron chi connectivity index (χ1n) is 4.39. The summed E-state index contributed by atoms with van der Waals surface area (Å²) in [6.07, 6.45) is 1.79. The van der Waals surface area contributed by atoms with Gasteiger partial charge in [-0.25, -0.2) is 4.98 Å². The lowest BCUT2D eigenvalue weighted by atomic mass is 10.3. The third-order valence-corrected chi connectivity index (χ3v) is 3.07. The van der Waals surface area contributed by atoms with E-state index in [4.69, 9.17) is 0 Å². The van der Waals surface area contributed by atoms with Crippen molar-refractivity contribution in [1.82, 2.24) is 9.97 Å². The van der Waals surface area contributed by atoms with Gasteiger partial charge < -0.3 is 10.3 Å². The molecule has 5 heteroatoms. The van der Waals surface area contributed by atoms with E-state index < -0.39 is 0 Å². The smallest absolute Gasteiger partial charge is 0.204 e. The normalized spacial score (nSPS) is 10.3. The van der Waals surface area contributed by atoms with Crippen LogP contribution in [0.1, 0.15) is 5.69 Å². The van der Waals surface area contributed by atoms with E-state index in [1.54, 1.807) is 6.20 Å². The molecule has 0 aliphatic heterocycles. The Morgan fingerprint density at radius 2 is 2.13 bits per heavy atom. The predicted molar refractivity (Wildman–Crippen MR) is 68.4 cm³/mol. The third kappa shape index (κ3) is 2.60. The SMILES string of the molecule is Cc1cnc(Nc2cc(Br)ccc2Br)[nH]1. The first-order valence-corrected chi connectivity index (χ1v) is 5.97. The van der Waals surface area contributed by atoms with Crippen LogP contribution in [-0.4, -0.2) is 9.97 Å². The molecule has 0 amide bonds. The fraction of sp³-hybridized carbons (Fsp3) is 0.100. The van der Waals surface area contributed by atoms with Crippen molar-refractivity contribution >= 4 is 43.5 Å². The summed E-state index contributed by atoms with van der Waals surface area (Å²) in [7, 11) is 0. The van der Waals surface area contributed by atoms with E-state index in [-0.39, 0.29) is 0 Å². The van der Waals surface area contributed by atoms with E-state index in [1.807, 2.05) is 25.1 Å². The highest BCUT2D eigenvalue weighted by Crippen LogP contribution is 2.27. The molecule has 1 aromatic heterocycles. The topological polar surface area (TPSA) is 40.7 Å². The molecule has 0 aliphatic carbocycles. The number of aromatic amines is 1. The summed E-state index contributed by atoms with van der Waals surface area (Å²) >= 11 is 6.89. The molecular weight excluding hydrogens is 322 g/mol. The first kappa shape index (κ1) is 10.7. The van der Waals surface area contributed by atoms with Crippen molar-refractivity contribution in [1.29, 1.82) is 0 Å². The molecule has 0 unspecified atom stereocenters. The molecule has 0 spiro atoms. The standard InChI is InChI=1S/C10H9Br2N3/c1-6-5-13-10(14-6)15-9-4-7(11)2-3-8(9)12/h2-5H,1H3,(H2,13,14,15). The number of imidazole rings is 1. The minimum absolute atomic E-state index is 0.742. The molecule has 3 nitrogen and oxygen atoms in total. The van der Waals surface area contributed by atoms with Crippen LogP contribution >= 0.6 is 31.9 Å². The predicted octanol–water partition coefficient (Wildman–Crippen LogP) is 3.99. The zero-order chi connectivity index (χ0) is 10.8. The average molecular weight is 331 g/mol. The van der Waals surface area contributed by atoms with Crippen molar-refractivity contribution in [2.75, 3.05) is 5.32 Å². The minimum atomic E-state index is 0.742. The van der Waals surface area contributed by atoms with Gasteiger partial charge in [-0.05, 0) is 41.1 Å². The lowest BCUT2D eigenvalue weighted by molar-refractivity contribution is 1.24. The number of aryl methyl sites for hydroxylation is 1. The van der Waals surface area contributed by atoms with Crippen molar-refractivity contribution in [3.05, 3.63) is 39.0 Å². The molecule has 15 heavy (non-hydrogen) atoms. The summed E-state index contributed by atoms with van der Waals surface area (Å²) in [5, 5.41) is 3.19. The van der Waals surface area contributed by atoms with Gasteiger partial charge in [0, 0.05) is 20.8 Å². The Morgan fingerprint density at radius 1 is 1.33 bits per heavy atom. The van der Waals surface area contributed by atoms with E-state index in [1.165, 1.54) is 0 Å².